The highest BCUT2D eigenvalue weighted by atomic mass is 32.1. The van der Waals surface area contributed by atoms with Gasteiger partial charge in [-0.2, -0.15) is 4.98 Å². The molecule has 0 unspecified atom stereocenters. The van der Waals surface area contributed by atoms with Crippen molar-refractivity contribution in [2.45, 2.75) is 13.5 Å². The first kappa shape index (κ1) is 8.95. The van der Waals surface area contributed by atoms with E-state index in [2.05, 4.69) is 25.5 Å². The van der Waals surface area contributed by atoms with E-state index in [0.717, 1.165) is 10.7 Å². The van der Waals surface area contributed by atoms with Crippen LogP contribution in [0, 0.1) is 6.92 Å². The Kier molecular flexibility index (Phi) is 2.32. The monoisotopic (exact) mass is 210 g/mol. The van der Waals surface area contributed by atoms with Crippen molar-refractivity contribution in [1.29, 1.82) is 0 Å². The molecule has 0 radical (unpaired) electrons. The smallest absolute Gasteiger partial charge is 0.243 e. The van der Waals surface area contributed by atoms with E-state index in [-0.39, 0.29) is 0 Å². The van der Waals surface area contributed by atoms with Crippen molar-refractivity contribution in [3.63, 3.8) is 0 Å². The molecule has 14 heavy (non-hydrogen) atoms. The van der Waals surface area contributed by atoms with Crippen LogP contribution >= 0.6 is 11.3 Å². The molecule has 0 aliphatic rings. The number of thiazole rings is 1. The van der Waals surface area contributed by atoms with Crippen LogP contribution in [-0.4, -0.2) is 20.2 Å². The molecule has 0 fully saturated rings. The van der Waals surface area contributed by atoms with Gasteiger partial charge in [0.05, 0.1) is 17.2 Å². The fraction of sp³-hybridized carbons (Fsp3) is 0.286. The Bertz CT molecular complexity index is 379. The maximum atomic E-state index is 5.37. The van der Waals surface area contributed by atoms with Crippen molar-refractivity contribution in [3.8, 4) is 0 Å². The minimum atomic E-state index is 0.307. The van der Waals surface area contributed by atoms with Crippen LogP contribution in [0.1, 0.15) is 10.7 Å². The molecule has 2 heterocycles. The van der Waals surface area contributed by atoms with Gasteiger partial charge in [-0.15, -0.1) is 16.4 Å². The molecule has 0 spiro atoms. The van der Waals surface area contributed by atoms with E-state index >= 15 is 0 Å². The topological polar surface area (TPSA) is 92.5 Å². The van der Waals surface area contributed by atoms with Gasteiger partial charge in [-0.05, 0) is 6.92 Å². The normalized spacial score (nSPS) is 10.4. The number of nitrogen functional groups attached to an aromatic ring is 1. The molecule has 0 saturated heterocycles. The van der Waals surface area contributed by atoms with Crippen LogP contribution in [0.15, 0.2) is 5.38 Å². The first-order valence-electron chi connectivity index (χ1n) is 4.07. The summed E-state index contributed by atoms with van der Waals surface area (Å²) in [5, 5.41) is 12.4. The molecule has 0 bridgehead atoms. The van der Waals surface area contributed by atoms with E-state index in [0.29, 0.717) is 18.4 Å². The van der Waals surface area contributed by atoms with Gasteiger partial charge in [0.1, 0.15) is 0 Å². The number of aromatic amines is 1. The van der Waals surface area contributed by atoms with Crippen LogP contribution in [0.4, 0.5) is 11.9 Å². The average Bonchev–Trinajstić information content (AvgIpc) is 2.72. The van der Waals surface area contributed by atoms with Crippen LogP contribution in [-0.2, 0) is 6.54 Å². The molecule has 2 aromatic rings. The van der Waals surface area contributed by atoms with Crippen LogP contribution < -0.4 is 11.1 Å². The van der Waals surface area contributed by atoms with Gasteiger partial charge >= 0.3 is 0 Å². The molecule has 0 amide bonds. The molecule has 6 nitrogen and oxygen atoms in total. The number of nitrogens with one attached hydrogen (secondary N) is 2. The highest BCUT2D eigenvalue weighted by Crippen LogP contribution is 2.09. The van der Waals surface area contributed by atoms with Crippen LogP contribution in [0.2, 0.25) is 0 Å². The number of rotatable bonds is 3. The quantitative estimate of drug-likeness (QED) is 0.695. The molecule has 0 aromatic carbocycles. The summed E-state index contributed by atoms with van der Waals surface area (Å²) in [4.78, 5) is 8.20. The van der Waals surface area contributed by atoms with E-state index < -0.39 is 0 Å². The van der Waals surface area contributed by atoms with E-state index in [1.54, 1.807) is 11.3 Å². The first-order valence-corrected chi connectivity index (χ1v) is 4.95. The lowest BCUT2D eigenvalue weighted by Crippen LogP contribution is -2.01. The number of H-pyrrole nitrogens is 1. The standard InChI is InChI=1S/C7H10N6S/c1-4-10-5(3-14-4)2-9-7-11-6(8)12-13-7/h3H,2H2,1H3,(H4,8,9,11,12,13). The fourth-order valence-corrected chi connectivity index (χ4v) is 1.63. The van der Waals surface area contributed by atoms with Crippen LogP contribution in [0.25, 0.3) is 0 Å². The number of aromatic nitrogens is 4. The lowest BCUT2D eigenvalue weighted by molar-refractivity contribution is 1.01. The van der Waals surface area contributed by atoms with Gasteiger partial charge in [-0.1, -0.05) is 0 Å². The third-order valence-electron chi connectivity index (χ3n) is 1.60. The van der Waals surface area contributed by atoms with Crippen molar-refractivity contribution >= 4 is 23.2 Å². The maximum Gasteiger partial charge on any atom is 0.243 e. The lowest BCUT2D eigenvalue weighted by Gasteiger charge is -1.96. The highest BCUT2D eigenvalue weighted by Gasteiger charge is 2.01. The summed E-state index contributed by atoms with van der Waals surface area (Å²) in [6, 6.07) is 0. The number of anilines is 2. The summed E-state index contributed by atoms with van der Waals surface area (Å²) in [6.07, 6.45) is 0. The molecular weight excluding hydrogens is 200 g/mol. The summed E-state index contributed by atoms with van der Waals surface area (Å²) < 4.78 is 0. The second kappa shape index (κ2) is 3.62. The Labute approximate surface area is 84.6 Å². The largest absolute Gasteiger partial charge is 0.368 e. The minimum Gasteiger partial charge on any atom is -0.368 e. The van der Waals surface area contributed by atoms with Crippen molar-refractivity contribution in [3.05, 3.63) is 16.1 Å². The third-order valence-corrected chi connectivity index (χ3v) is 2.42. The Hall–Kier alpha value is -1.63. The Morgan fingerprint density at radius 1 is 1.57 bits per heavy atom. The predicted octanol–water partition coefficient (Wildman–Crippen LogP) is 0.764. The third kappa shape index (κ3) is 1.99. The summed E-state index contributed by atoms with van der Waals surface area (Å²) in [6.45, 7) is 2.58. The molecule has 74 valence electrons. The molecule has 0 atom stereocenters. The van der Waals surface area contributed by atoms with Crippen LogP contribution in [0.3, 0.4) is 0 Å². The number of hydrogen-bond acceptors (Lipinski definition) is 6. The number of hydrogen-bond donors (Lipinski definition) is 3. The van der Waals surface area contributed by atoms with Gasteiger partial charge in [-0.3, -0.25) is 0 Å². The maximum absolute atomic E-state index is 5.37. The van der Waals surface area contributed by atoms with Crippen molar-refractivity contribution in [1.82, 2.24) is 20.2 Å². The van der Waals surface area contributed by atoms with Crippen molar-refractivity contribution in [2.24, 2.45) is 0 Å². The molecule has 7 heteroatoms. The lowest BCUT2D eigenvalue weighted by atomic mass is 10.5. The summed E-state index contributed by atoms with van der Waals surface area (Å²) in [5.74, 6) is 0.801. The first-order chi connectivity index (χ1) is 6.74. The van der Waals surface area contributed by atoms with Gasteiger partial charge in [-0.25, -0.2) is 10.1 Å². The zero-order valence-electron chi connectivity index (χ0n) is 7.61. The van der Waals surface area contributed by atoms with Crippen molar-refractivity contribution in [2.75, 3.05) is 11.1 Å². The van der Waals surface area contributed by atoms with Gasteiger partial charge in [0.15, 0.2) is 0 Å². The molecule has 0 aliphatic heterocycles. The van der Waals surface area contributed by atoms with E-state index in [9.17, 15) is 0 Å². The second-order valence-electron chi connectivity index (χ2n) is 2.76. The summed E-state index contributed by atoms with van der Waals surface area (Å²) in [7, 11) is 0. The van der Waals surface area contributed by atoms with E-state index in [1.807, 2.05) is 12.3 Å². The predicted molar refractivity (Wildman–Crippen MR) is 55.0 cm³/mol. The Balaban J connectivity index is 1.94. The zero-order valence-corrected chi connectivity index (χ0v) is 8.43. The molecule has 4 N–H and O–H groups in total. The van der Waals surface area contributed by atoms with Gasteiger partial charge < -0.3 is 11.1 Å². The second-order valence-corrected chi connectivity index (χ2v) is 3.82. The summed E-state index contributed by atoms with van der Waals surface area (Å²) in [5.41, 5.74) is 6.35. The minimum absolute atomic E-state index is 0.307. The molecular formula is C7H10N6S. The number of aryl methyl sites for hydroxylation is 1. The highest BCUT2D eigenvalue weighted by molar-refractivity contribution is 7.09. The number of nitrogens with zero attached hydrogens (tertiary/aromatic N) is 3. The van der Waals surface area contributed by atoms with Gasteiger partial charge in [0.25, 0.3) is 0 Å². The van der Waals surface area contributed by atoms with Gasteiger partial charge in [0.2, 0.25) is 11.9 Å². The molecule has 0 aliphatic carbocycles. The molecule has 0 saturated carbocycles. The SMILES string of the molecule is Cc1nc(CNc2n[nH]c(N)n2)cs1. The van der Waals surface area contributed by atoms with Crippen molar-refractivity contribution < 1.29 is 0 Å². The fourth-order valence-electron chi connectivity index (χ4n) is 1.01. The Morgan fingerprint density at radius 2 is 2.43 bits per heavy atom. The average molecular weight is 210 g/mol. The summed E-state index contributed by atoms with van der Waals surface area (Å²) >= 11 is 1.62. The van der Waals surface area contributed by atoms with E-state index in [4.69, 9.17) is 5.73 Å². The number of nitrogens with two attached hydrogens (primary N) is 1. The van der Waals surface area contributed by atoms with E-state index in [1.165, 1.54) is 0 Å². The van der Waals surface area contributed by atoms with Crippen LogP contribution in [0.5, 0.6) is 0 Å². The molecule has 2 aromatic heterocycles. The Morgan fingerprint density at radius 3 is 3.00 bits per heavy atom. The van der Waals surface area contributed by atoms with Gasteiger partial charge in [0, 0.05) is 5.38 Å². The zero-order chi connectivity index (χ0) is 9.97. The molecule has 2 rings (SSSR count).